The maximum absolute atomic E-state index is 11.9. The second-order valence-electron chi connectivity index (χ2n) is 7.49. The molecule has 0 saturated carbocycles. The van der Waals surface area contributed by atoms with Gasteiger partial charge in [0.2, 0.25) is 5.95 Å². The number of anilines is 2. The van der Waals surface area contributed by atoms with Crippen LogP contribution in [-0.2, 0) is 17.8 Å². The number of nitrogens with zero attached hydrogens (tertiary/aromatic N) is 5. The average Bonchev–Trinajstić information content (AvgIpc) is 3.14. The number of ether oxygens (including phenoxy) is 1. The van der Waals surface area contributed by atoms with Crippen molar-refractivity contribution in [3.63, 3.8) is 0 Å². The van der Waals surface area contributed by atoms with Gasteiger partial charge in [-0.15, -0.1) is 0 Å². The van der Waals surface area contributed by atoms with Crippen molar-refractivity contribution < 1.29 is 14.6 Å². The van der Waals surface area contributed by atoms with Crippen LogP contribution >= 0.6 is 0 Å². The zero-order chi connectivity index (χ0) is 20.2. The number of urea groups is 1. The standard InChI is InChI=1S/C19H27N7O3/c1-13(27)11-21-19(28)23-17-10-14-12-25(7-8-26(14)24-17)18-20-6-5-15(22-18)16-4-2-3-9-29-16/h5-6,10,13,16,27H,2-4,7-9,11-12H2,1H3,(H2,21,23,24,28)/t13-,16?/m1/s1. The molecule has 0 aliphatic carbocycles. The lowest BCUT2D eigenvalue weighted by atomic mass is 10.1. The average molecular weight is 401 g/mol. The van der Waals surface area contributed by atoms with Crippen molar-refractivity contribution >= 4 is 17.8 Å². The topological polar surface area (TPSA) is 117 Å². The fourth-order valence-electron chi connectivity index (χ4n) is 3.57. The van der Waals surface area contributed by atoms with Crippen LogP contribution in [0.1, 0.15) is 43.7 Å². The fraction of sp³-hybridized carbons (Fsp3) is 0.579. The molecule has 0 bridgehead atoms. The summed E-state index contributed by atoms with van der Waals surface area (Å²) in [5.41, 5.74) is 1.91. The van der Waals surface area contributed by atoms with Crippen LogP contribution in [0.25, 0.3) is 0 Å². The van der Waals surface area contributed by atoms with E-state index in [1.807, 2.05) is 16.8 Å². The summed E-state index contributed by atoms with van der Waals surface area (Å²) in [4.78, 5) is 23.2. The van der Waals surface area contributed by atoms with Crippen molar-refractivity contribution in [2.24, 2.45) is 0 Å². The van der Waals surface area contributed by atoms with Gasteiger partial charge in [0.15, 0.2) is 5.82 Å². The molecule has 10 heteroatoms. The van der Waals surface area contributed by atoms with Crippen molar-refractivity contribution in [3.05, 3.63) is 29.7 Å². The third-order valence-corrected chi connectivity index (χ3v) is 5.05. The van der Waals surface area contributed by atoms with Crippen molar-refractivity contribution in [3.8, 4) is 0 Å². The fourth-order valence-corrected chi connectivity index (χ4v) is 3.57. The summed E-state index contributed by atoms with van der Waals surface area (Å²) in [6.07, 6.45) is 4.51. The lowest BCUT2D eigenvalue weighted by Gasteiger charge is -2.28. The molecule has 29 heavy (non-hydrogen) atoms. The van der Waals surface area contributed by atoms with Gasteiger partial charge in [-0.3, -0.25) is 10.00 Å². The van der Waals surface area contributed by atoms with Crippen LogP contribution in [0.5, 0.6) is 0 Å². The monoisotopic (exact) mass is 401 g/mol. The molecule has 2 atom stereocenters. The van der Waals surface area contributed by atoms with Crippen LogP contribution in [0, 0.1) is 0 Å². The molecule has 1 fully saturated rings. The van der Waals surface area contributed by atoms with E-state index in [4.69, 9.17) is 9.72 Å². The third kappa shape index (κ3) is 4.83. The van der Waals surface area contributed by atoms with E-state index >= 15 is 0 Å². The summed E-state index contributed by atoms with van der Waals surface area (Å²) >= 11 is 0. The third-order valence-electron chi connectivity index (χ3n) is 5.05. The highest BCUT2D eigenvalue weighted by molar-refractivity contribution is 5.88. The van der Waals surface area contributed by atoms with Crippen LogP contribution in [0.15, 0.2) is 18.3 Å². The van der Waals surface area contributed by atoms with Gasteiger partial charge in [0, 0.05) is 32.0 Å². The minimum atomic E-state index is -0.598. The summed E-state index contributed by atoms with van der Waals surface area (Å²) in [6, 6.07) is 3.39. The molecular formula is C19H27N7O3. The number of hydrogen-bond donors (Lipinski definition) is 3. The van der Waals surface area contributed by atoms with E-state index in [0.29, 0.717) is 24.9 Å². The molecule has 0 spiro atoms. The first kappa shape index (κ1) is 19.6. The highest BCUT2D eigenvalue weighted by atomic mass is 16.5. The van der Waals surface area contributed by atoms with Gasteiger partial charge in [-0.05, 0) is 32.3 Å². The highest BCUT2D eigenvalue weighted by Gasteiger charge is 2.23. The Morgan fingerprint density at radius 1 is 1.41 bits per heavy atom. The van der Waals surface area contributed by atoms with Gasteiger partial charge in [0.1, 0.15) is 0 Å². The number of carbonyl (C=O) groups is 1. The van der Waals surface area contributed by atoms with Gasteiger partial charge in [-0.2, -0.15) is 5.10 Å². The van der Waals surface area contributed by atoms with Gasteiger partial charge in [-0.25, -0.2) is 14.8 Å². The van der Waals surface area contributed by atoms with Crippen LogP contribution in [-0.4, -0.2) is 56.7 Å². The number of nitrogens with one attached hydrogen (secondary N) is 2. The number of amides is 2. The number of hydrogen-bond acceptors (Lipinski definition) is 7. The Hall–Kier alpha value is -2.72. The van der Waals surface area contributed by atoms with E-state index in [1.165, 1.54) is 0 Å². The van der Waals surface area contributed by atoms with Crippen LogP contribution in [0.4, 0.5) is 16.6 Å². The van der Waals surface area contributed by atoms with E-state index in [0.717, 1.165) is 43.8 Å². The summed E-state index contributed by atoms with van der Waals surface area (Å²) in [7, 11) is 0. The largest absolute Gasteiger partial charge is 0.392 e. The maximum Gasteiger partial charge on any atom is 0.320 e. The molecule has 10 nitrogen and oxygen atoms in total. The molecule has 4 heterocycles. The minimum Gasteiger partial charge on any atom is -0.392 e. The van der Waals surface area contributed by atoms with Crippen LogP contribution in [0.2, 0.25) is 0 Å². The molecule has 2 aromatic rings. The normalized spacial score (nSPS) is 20.1. The molecule has 3 N–H and O–H groups in total. The molecule has 0 radical (unpaired) electrons. The molecule has 2 aromatic heterocycles. The molecule has 0 aromatic carbocycles. The number of aromatic nitrogens is 4. The molecule has 1 unspecified atom stereocenters. The molecule has 4 rings (SSSR count). The number of rotatable bonds is 5. The molecule has 156 valence electrons. The second-order valence-corrected chi connectivity index (χ2v) is 7.49. The van der Waals surface area contributed by atoms with Crippen molar-refractivity contribution in [1.82, 2.24) is 25.1 Å². The predicted molar refractivity (Wildman–Crippen MR) is 107 cm³/mol. The Morgan fingerprint density at radius 2 is 2.31 bits per heavy atom. The van der Waals surface area contributed by atoms with Gasteiger partial charge in [0.25, 0.3) is 0 Å². The predicted octanol–water partition coefficient (Wildman–Crippen LogP) is 1.44. The zero-order valence-corrected chi connectivity index (χ0v) is 16.5. The molecular weight excluding hydrogens is 374 g/mol. The lowest BCUT2D eigenvalue weighted by molar-refractivity contribution is 0.0123. The quantitative estimate of drug-likeness (QED) is 0.694. The maximum atomic E-state index is 11.9. The summed E-state index contributed by atoms with van der Waals surface area (Å²) in [5, 5.41) is 19.0. The number of aliphatic hydroxyl groups excluding tert-OH is 1. The SMILES string of the molecule is C[C@@H](O)CNC(=O)Nc1cc2n(n1)CCN(c1nccc(C3CCCCO3)n1)C2. The Labute approximate surface area is 169 Å². The highest BCUT2D eigenvalue weighted by Crippen LogP contribution is 2.28. The van der Waals surface area contributed by atoms with Crippen molar-refractivity contribution in [2.45, 2.75) is 51.5 Å². The summed E-state index contributed by atoms with van der Waals surface area (Å²) < 4.78 is 7.74. The van der Waals surface area contributed by atoms with E-state index in [1.54, 1.807) is 13.1 Å². The molecule has 1 saturated heterocycles. The first-order valence-electron chi connectivity index (χ1n) is 10.1. The van der Waals surface area contributed by atoms with Crippen LogP contribution < -0.4 is 15.5 Å². The van der Waals surface area contributed by atoms with Crippen molar-refractivity contribution in [2.75, 3.05) is 29.9 Å². The smallest absolute Gasteiger partial charge is 0.320 e. The Kier molecular flexibility index (Phi) is 5.91. The second kappa shape index (κ2) is 8.75. The Balaban J connectivity index is 1.41. The zero-order valence-electron chi connectivity index (χ0n) is 16.5. The van der Waals surface area contributed by atoms with E-state index in [-0.39, 0.29) is 18.7 Å². The number of aliphatic hydroxyl groups is 1. The summed E-state index contributed by atoms with van der Waals surface area (Å²) in [6.45, 7) is 4.61. The number of fused-ring (bicyclic) bond motifs is 1. The van der Waals surface area contributed by atoms with Crippen LogP contribution in [0.3, 0.4) is 0 Å². The first-order chi connectivity index (χ1) is 14.1. The number of carbonyl (C=O) groups excluding carboxylic acids is 1. The van der Waals surface area contributed by atoms with E-state index in [2.05, 4.69) is 25.6 Å². The molecule has 2 aliphatic heterocycles. The Bertz CT molecular complexity index is 848. The first-order valence-corrected chi connectivity index (χ1v) is 10.1. The van der Waals surface area contributed by atoms with E-state index < -0.39 is 6.10 Å². The molecule has 2 aliphatic rings. The Morgan fingerprint density at radius 3 is 3.10 bits per heavy atom. The lowest BCUT2D eigenvalue weighted by Crippen LogP contribution is -2.35. The van der Waals surface area contributed by atoms with Gasteiger partial charge >= 0.3 is 6.03 Å². The summed E-state index contributed by atoms with van der Waals surface area (Å²) in [5.74, 6) is 1.17. The van der Waals surface area contributed by atoms with E-state index in [9.17, 15) is 9.90 Å². The van der Waals surface area contributed by atoms with Gasteiger partial charge in [0.05, 0.1) is 36.7 Å². The molecule has 2 amide bonds. The van der Waals surface area contributed by atoms with Gasteiger partial charge < -0.3 is 20.1 Å². The van der Waals surface area contributed by atoms with Crippen molar-refractivity contribution in [1.29, 1.82) is 0 Å². The van der Waals surface area contributed by atoms with Gasteiger partial charge in [-0.1, -0.05) is 0 Å². The minimum absolute atomic E-state index is 0.0526.